The lowest BCUT2D eigenvalue weighted by Gasteiger charge is -2.25. The van der Waals surface area contributed by atoms with Gasteiger partial charge in [0, 0.05) is 18.3 Å². The minimum absolute atomic E-state index is 0.250. The zero-order chi connectivity index (χ0) is 18.0. The molecular formula is C18H20N2O4S. The molecule has 0 bridgehead atoms. The number of ether oxygens (including phenoxy) is 1. The van der Waals surface area contributed by atoms with Gasteiger partial charge in [-0.25, -0.2) is 8.42 Å². The second-order valence-electron chi connectivity index (χ2n) is 5.90. The van der Waals surface area contributed by atoms with Crippen molar-refractivity contribution in [2.75, 3.05) is 35.7 Å². The van der Waals surface area contributed by atoms with Crippen LogP contribution in [0.4, 0.5) is 11.4 Å². The monoisotopic (exact) mass is 360 g/mol. The molecule has 3 rings (SSSR count). The number of fused-ring (bicyclic) bond motifs is 1. The Bertz CT molecular complexity index is 895. The first-order chi connectivity index (χ1) is 11.9. The Balaban J connectivity index is 1.88. The van der Waals surface area contributed by atoms with Gasteiger partial charge in [0.1, 0.15) is 12.3 Å². The predicted molar refractivity (Wildman–Crippen MR) is 97.7 cm³/mol. The van der Waals surface area contributed by atoms with Crippen LogP contribution in [0.25, 0.3) is 0 Å². The molecule has 1 aliphatic rings. The average molecular weight is 360 g/mol. The molecule has 1 aliphatic heterocycles. The van der Waals surface area contributed by atoms with Crippen molar-refractivity contribution in [2.45, 2.75) is 6.42 Å². The molecule has 7 heteroatoms. The van der Waals surface area contributed by atoms with Gasteiger partial charge < -0.3 is 9.64 Å². The quantitative estimate of drug-likeness (QED) is 0.818. The van der Waals surface area contributed by atoms with E-state index in [0.717, 1.165) is 28.2 Å². The summed E-state index contributed by atoms with van der Waals surface area (Å²) >= 11 is 0. The fraction of sp³-hybridized carbons (Fsp3) is 0.278. The topological polar surface area (TPSA) is 66.9 Å². The second kappa shape index (κ2) is 6.76. The first-order valence-electron chi connectivity index (χ1n) is 7.90. The van der Waals surface area contributed by atoms with Gasteiger partial charge in [0.2, 0.25) is 15.9 Å². The van der Waals surface area contributed by atoms with Crippen molar-refractivity contribution in [3.63, 3.8) is 0 Å². The van der Waals surface area contributed by atoms with Crippen LogP contribution in [-0.4, -0.2) is 40.8 Å². The standard InChI is InChI=1S/C18H20N2O4S/c1-24-16-8-5-7-15(12-16)20(25(2,22)23)13-18(21)19-11-10-14-6-3-4-9-17(14)19/h3-9,12H,10-11,13H2,1-2H3. The first-order valence-corrected chi connectivity index (χ1v) is 9.75. The maximum Gasteiger partial charge on any atom is 0.247 e. The number of hydrogen-bond donors (Lipinski definition) is 0. The highest BCUT2D eigenvalue weighted by molar-refractivity contribution is 7.92. The molecule has 2 aromatic carbocycles. The number of rotatable bonds is 5. The van der Waals surface area contributed by atoms with E-state index in [9.17, 15) is 13.2 Å². The molecule has 0 aliphatic carbocycles. The van der Waals surface area contributed by atoms with Gasteiger partial charge in [0.25, 0.3) is 0 Å². The average Bonchev–Trinajstić information content (AvgIpc) is 3.02. The molecule has 0 radical (unpaired) electrons. The van der Waals surface area contributed by atoms with E-state index in [4.69, 9.17) is 4.74 Å². The van der Waals surface area contributed by atoms with Crippen LogP contribution in [0.5, 0.6) is 5.75 Å². The molecule has 0 unspecified atom stereocenters. The summed E-state index contributed by atoms with van der Waals surface area (Å²) < 4.78 is 30.7. The third-order valence-electron chi connectivity index (χ3n) is 4.21. The Morgan fingerprint density at radius 1 is 1.20 bits per heavy atom. The largest absolute Gasteiger partial charge is 0.497 e. The maximum atomic E-state index is 12.8. The van der Waals surface area contributed by atoms with Crippen LogP contribution < -0.4 is 13.9 Å². The predicted octanol–water partition coefficient (Wildman–Crippen LogP) is 2.05. The molecule has 6 nitrogen and oxygen atoms in total. The van der Waals surface area contributed by atoms with Gasteiger partial charge >= 0.3 is 0 Å². The number of benzene rings is 2. The summed E-state index contributed by atoms with van der Waals surface area (Å²) in [5.41, 5.74) is 2.36. The van der Waals surface area contributed by atoms with Crippen molar-refractivity contribution in [1.29, 1.82) is 0 Å². The first kappa shape index (κ1) is 17.3. The molecule has 0 fully saturated rings. The van der Waals surface area contributed by atoms with Gasteiger partial charge in [-0.1, -0.05) is 24.3 Å². The number of methoxy groups -OCH3 is 1. The number of amides is 1. The number of carbonyl (C=O) groups excluding carboxylic acids is 1. The smallest absolute Gasteiger partial charge is 0.247 e. The van der Waals surface area contributed by atoms with Crippen LogP contribution in [0.15, 0.2) is 48.5 Å². The Kier molecular flexibility index (Phi) is 4.67. The summed E-state index contributed by atoms with van der Waals surface area (Å²) in [7, 11) is -2.10. The molecule has 0 atom stereocenters. The molecule has 1 heterocycles. The van der Waals surface area contributed by atoms with Gasteiger partial charge in [-0.05, 0) is 30.2 Å². The van der Waals surface area contributed by atoms with Crippen LogP contribution in [0.2, 0.25) is 0 Å². The highest BCUT2D eigenvalue weighted by atomic mass is 32.2. The Hall–Kier alpha value is -2.54. The summed E-state index contributed by atoms with van der Waals surface area (Å²) in [5, 5.41) is 0. The lowest BCUT2D eigenvalue weighted by molar-refractivity contribution is -0.117. The summed E-state index contributed by atoms with van der Waals surface area (Å²) in [6.07, 6.45) is 1.87. The van der Waals surface area contributed by atoms with Gasteiger partial charge in [-0.3, -0.25) is 9.10 Å². The van der Waals surface area contributed by atoms with Crippen molar-refractivity contribution >= 4 is 27.3 Å². The molecule has 1 amide bonds. The van der Waals surface area contributed by atoms with Crippen LogP contribution in [-0.2, 0) is 21.2 Å². The second-order valence-corrected chi connectivity index (χ2v) is 7.80. The van der Waals surface area contributed by atoms with Crippen molar-refractivity contribution in [2.24, 2.45) is 0 Å². The van der Waals surface area contributed by atoms with E-state index in [2.05, 4.69) is 0 Å². The van der Waals surface area contributed by atoms with Crippen molar-refractivity contribution < 1.29 is 17.9 Å². The zero-order valence-electron chi connectivity index (χ0n) is 14.2. The Morgan fingerprint density at radius 2 is 1.96 bits per heavy atom. The molecule has 132 valence electrons. The molecule has 2 aromatic rings. The number of sulfonamides is 1. The van der Waals surface area contributed by atoms with Crippen molar-refractivity contribution in [1.82, 2.24) is 0 Å². The van der Waals surface area contributed by atoms with Crippen LogP contribution >= 0.6 is 0 Å². The van der Waals surface area contributed by atoms with Gasteiger partial charge in [-0.2, -0.15) is 0 Å². The lowest BCUT2D eigenvalue weighted by Crippen LogP contribution is -2.42. The summed E-state index contributed by atoms with van der Waals surface area (Å²) in [4.78, 5) is 14.4. The summed E-state index contributed by atoms with van der Waals surface area (Å²) in [6, 6.07) is 14.4. The normalized spacial score (nSPS) is 13.4. The van der Waals surface area contributed by atoms with E-state index in [1.165, 1.54) is 7.11 Å². The van der Waals surface area contributed by atoms with Gasteiger partial charge in [-0.15, -0.1) is 0 Å². The van der Waals surface area contributed by atoms with Crippen molar-refractivity contribution in [3.8, 4) is 5.75 Å². The molecule has 0 saturated heterocycles. The van der Waals surface area contributed by atoms with Crippen molar-refractivity contribution in [3.05, 3.63) is 54.1 Å². The summed E-state index contributed by atoms with van der Waals surface area (Å²) in [5.74, 6) is 0.281. The van der Waals surface area contributed by atoms with E-state index >= 15 is 0 Å². The summed E-state index contributed by atoms with van der Waals surface area (Å²) in [6.45, 7) is 0.314. The number of nitrogens with zero attached hydrogens (tertiary/aromatic N) is 2. The molecule has 0 aromatic heterocycles. The van der Waals surface area contributed by atoms with E-state index in [1.807, 2.05) is 24.3 Å². The molecule has 0 N–H and O–H groups in total. The molecule has 25 heavy (non-hydrogen) atoms. The third kappa shape index (κ3) is 3.61. The van der Waals surface area contributed by atoms with E-state index < -0.39 is 10.0 Å². The number of hydrogen-bond acceptors (Lipinski definition) is 4. The van der Waals surface area contributed by atoms with E-state index in [-0.39, 0.29) is 12.5 Å². The minimum Gasteiger partial charge on any atom is -0.497 e. The number of carbonyl (C=O) groups is 1. The minimum atomic E-state index is -3.61. The van der Waals surface area contributed by atoms with Gasteiger partial charge in [0.15, 0.2) is 0 Å². The highest BCUT2D eigenvalue weighted by Crippen LogP contribution is 2.29. The van der Waals surface area contributed by atoms with Crippen LogP contribution in [0.3, 0.4) is 0 Å². The maximum absolute atomic E-state index is 12.8. The molecule has 0 saturated carbocycles. The highest BCUT2D eigenvalue weighted by Gasteiger charge is 2.28. The lowest BCUT2D eigenvalue weighted by atomic mass is 10.2. The number of para-hydroxylation sites is 1. The van der Waals surface area contributed by atoms with E-state index in [0.29, 0.717) is 18.0 Å². The van der Waals surface area contributed by atoms with E-state index in [1.54, 1.807) is 29.2 Å². The van der Waals surface area contributed by atoms with Crippen LogP contribution in [0, 0.1) is 0 Å². The SMILES string of the molecule is COc1cccc(N(CC(=O)N2CCc3ccccc32)S(C)(=O)=O)c1. The molecule has 0 spiro atoms. The third-order valence-corrected chi connectivity index (χ3v) is 5.35. The molecular weight excluding hydrogens is 340 g/mol. The Morgan fingerprint density at radius 3 is 2.68 bits per heavy atom. The Labute approximate surface area is 147 Å². The fourth-order valence-electron chi connectivity index (χ4n) is 2.97. The van der Waals surface area contributed by atoms with Crippen LogP contribution in [0.1, 0.15) is 5.56 Å². The zero-order valence-corrected chi connectivity index (χ0v) is 15.0. The van der Waals surface area contributed by atoms with Gasteiger partial charge in [0.05, 0.1) is 19.1 Å². The number of anilines is 2. The fourth-order valence-corrected chi connectivity index (χ4v) is 3.81.